The quantitative estimate of drug-likeness (QED) is 0.271. The zero-order valence-electron chi connectivity index (χ0n) is 17.1. The van der Waals surface area contributed by atoms with E-state index in [0.29, 0.717) is 17.7 Å². The van der Waals surface area contributed by atoms with Gasteiger partial charge in [0.15, 0.2) is 12.0 Å². The number of nitrogens with zero attached hydrogens (tertiary/aromatic N) is 3. The van der Waals surface area contributed by atoms with Gasteiger partial charge in [0.2, 0.25) is 5.28 Å². The second kappa shape index (κ2) is 9.46. The van der Waals surface area contributed by atoms with Crippen LogP contribution in [0.3, 0.4) is 0 Å². The van der Waals surface area contributed by atoms with Gasteiger partial charge in [-0.05, 0) is 23.2 Å². The number of Topliss-reactive ketones (excluding diaryl/α,β-unsaturated/α-hetero) is 1. The molecule has 0 bridgehead atoms. The highest BCUT2D eigenvalue weighted by atomic mass is 35.5. The highest BCUT2D eigenvalue weighted by Gasteiger charge is 2.51. The van der Waals surface area contributed by atoms with Crippen LogP contribution in [0.2, 0.25) is 5.28 Å². The number of hydrogen-bond donors (Lipinski definition) is 4. The normalized spacial score (nSPS) is 23.4. The number of rotatable bonds is 8. The molecule has 3 aromatic rings. The lowest BCUT2D eigenvalue weighted by atomic mass is 10.1. The number of hydrogen-bond acceptors (Lipinski definition) is 7. The largest absolute Gasteiger partial charge is 0.389 e. The number of nitrogens with one attached hydrogen (secondary N) is 1. The lowest BCUT2D eigenvalue weighted by molar-refractivity contribution is -0.126. The maximum absolute atomic E-state index is 15.0. The number of alkyl halides is 1. The third-order valence-electron chi connectivity index (χ3n) is 5.40. The zero-order chi connectivity index (χ0) is 23.8. The Morgan fingerprint density at radius 3 is 2.64 bits per heavy atom. The number of fused-ring (bicyclic) bond motifs is 1. The molecular weight excluding hydrogens is 478 g/mol. The molecule has 1 fully saturated rings. The van der Waals surface area contributed by atoms with Crippen molar-refractivity contribution in [2.45, 2.75) is 24.9 Å². The maximum atomic E-state index is 15.0. The minimum absolute atomic E-state index is 0.110. The van der Waals surface area contributed by atoms with Gasteiger partial charge in [-0.25, -0.2) is 9.37 Å². The van der Waals surface area contributed by atoms with Crippen molar-refractivity contribution in [3.63, 3.8) is 0 Å². The van der Waals surface area contributed by atoms with Crippen LogP contribution in [0.4, 0.5) is 10.2 Å². The first-order valence-electron chi connectivity index (χ1n) is 9.96. The van der Waals surface area contributed by atoms with Gasteiger partial charge in [0.05, 0.1) is 24.0 Å². The molecule has 1 saturated carbocycles. The summed E-state index contributed by atoms with van der Waals surface area (Å²) < 4.78 is 32.1. The second-order valence-electron chi connectivity index (χ2n) is 7.69. The minimum atomic E-state index is -4.47. The summed E-state index contributed by atoms with van der Waals surface area (Å²) in [5.74, 6) is -1.57. The van der Waals surface area contributed by atoms with E-state index in [-0.39, 0.29) is 10.9 Å². The molecule has 4 atom stereocenters. The molecule has 13 heteroatoms. The van der Waals surface area contributed by atoms with Crippen LogP contribution in [0.5, 0.6) is 0 Å². The van der Waals surface area contributed by atoms with E-state index in [4.69, 9.17) is 26.1 Å². The summed E-state index contributed by atoms with van der Waals surface area (Å²) in [6.45, 7) is -0.0822. The SMILES string of the molecule is O=C1[C@@H](n2ccc3c(NCc4ccccc4)nc(Cl)nc32)[C@H](F)[C@H](O)[C@H]1COCP(=O)(O)O. The highest BCUT2D eigenvalue weighted by molar-refractivity contribution is 7.51. The lowest BCUT2D eigenvalue weighted by Crippen LogP contribution is -2.28. The Morgan fingerprint density at radius 1 is 1.21 bits per heavy atom. The van der Waals surface area contributed by atoms with Crippen LogP contribution in [0.25, 0.3) is 11.0 Å². The number of carbonyl (C=O) groups is 1. The van der Waals surface area contributed by atoms with Gasteiger partial charge >= 0.3 is 7.60 Å². The van der Waals surface area contributed by atoms with Crippen molar-refractivity contribution >= 4 is 41.8 Å². The Bertz CT molecular complexity index is 1210. The van der Waals surface area contributed by atoms with E-state index in [1.54, 1.807) is 6.07 Å². The molecule has 0 radical (unpaired) electrons. The highest BCUT2D eigenvalue weighted by Crippen LogP contribution is 2.39. The monoisotopic (exact) mass is 498 g/mol. The standard InChI is InChI=1S/C20H21ClFN4O6P/c21-20-24-18(23-8-11-4-2-1-3-5-11)12-6-7-26(19(12)25-20)15-14(22)16(27)13(17(15)28)9-32-10-33(29,30)31/h1-7,13-16,27H,8-10H2,(H,23,24,25)(H2,29,30,31)/t13-,14+,15+,16-/m1/s1. The second-order valence-corrected chi connectivity index (χ2v) is 9.62. The minimum Gasteiger partial charge on any atom is -0.389 e. The zero-order valence-corrected chi connectivity index (χ0v) is 18.7. The van der Waals surface area contributed by atoms with E-state index in [1.807, 2.05) is 30.3 Å². The molecule has 4 rings (SSSR count). The molecule has 0 spiro atoms. The lowest BCUT2D eigenvalue weighted by Gasteiger charge is -2.16. The van der Waals surface area contributed by atoms with Gasteiger partial charge in [0.25, 0.3) is 0 Å². The number of aliphatic hydroxyl groups is 1. The van der Waals surface area contributed by atoms with E-state index < -0.39 is 50.6 Å². The number of aliphatic hydroxyl groups excluding tert-OH is 1. The predicted octanol–water partition coefficient (Wildman–Crippen LogP) is 2.29. The van der Waals surface area contributed by atoms with Gasteiger partial charge in [-0.1, -0.05) is 30.3 Å². The molecule has 2 heterocycles. The third kappa shape index (κ3) is 5.08. The van der Waals surface area contributed by atoms with Crippen LogP contribution >= 0.6 is 19.2 Å². The van der Waals surface area contributed by atoms with Gasteiger partial charge in [0.1, 0.15) is 23.9 Å². The van der Waals surface area contributed by atoms with Crippen LogP contribution in [-0.2, 0) is 20.6 Å². The van der Waals surface area contributed by atoms with Crippen molar-refractivity contribution in [3.8, 4) is 0 Å². The molecule has 33 heavy (non-hydrogen) atoms. The van der Waals surface area contributed by atoms with Gasteiger partial charge in [-0.3, -0.25) is 9.36 Å². The van der Waals surface area contributed by atoms with Crippen molar-refractivity contribution in [1.82, 2.24) is 14.5 Å². The number of anilines is 1. The van der Waals surface area contributed by atoms with Crippen molar-refractivity contribution in [3.05, 3.63) is 53.4 Å². The van der Waals surface area contributed by atoms with Crippen molar-refractivity contribution < 1.29 is 33.4 Å². The van der Waals surface area contributed by atoms with Crippen molar-refractivity contribution in [2.24, 2.45) is 5.92 Å². The number of benzene rings is 1. The Morgan fingerprint density at radius 2 is 1.94 bits per heavy atom. The summed E-state index contributed by atoms with van der Waals surface area (Å²) in [5, 5.41) is 13.8. The van der Waals surface area contributed by atoms with Gasteiger partial charge in [-0.15, -0.1) is 0 Å². The molecule has 0 amide bonds. The molecule has 1 aromatic carbocycles. The summed E-state index contributed by atoms with van der Waals surface area (Å²) >= 11 is 6.09. The molecular formula is C20H21ClFN4O6P. The van der Waals surface area contributed by atoms with Gasteiger partial charge in [0, 0.05) is 12.7 Å². The van der Waals surface area contributed by atoms with E-state index in [9.17, 15) is 14.5 Å². The molecule has 1 aliphatic carbocycles. The Kier molecular flexibility index (Phi) is 6.81. The number of halogens is 2. The van der Waals surface area contributed by atoms with E-state index >= 15 is 4.39 Å². The summed E-state index contributed by atoms with van der Waals surface area (Å²) in [7, 11) is -4.47. The molecule has 1 aliphatic rings. The first-order valence-corrected chi connectivity index (χ1v) is 12.1. The van der Waals surface area contributed by atoms with Crippen molar-refractivity contribution in [2.75, 3.05) is 18.3 Å². The summed E-state index contributed by atoms with van der Waals surface area (Å²) in [6.07, 6.45) is -3.16. The van der Waals surface area contributed by atoms with Crippen LogP contribution in [-0.4, -0.2) is 60.4 Å². The molecule has 0 unspecified atom stereocenters. The van der Waals surface area contributed by atoms with Crippen molar-refractivity contribution in [1.29, 1.82) is 0 Å². The topological polar surface area (TPSA) is 147 Å². The molecule has 0 aliphatic heterocycles. The molecule has 2 aromatic heterocycles. The van der Waals surface area contributed by atoms with Crippen LogP contribution < -0.4 is 5.32 Å². The van der Waals surface area contributed by atoms with Crippen LogP contribution in [0.1, 0.15) is 11.6 Å². The van der Waals surface area contributed by atoms with E-state index in [1.165, 1.54) is 10.8 Å². The Balaban J connectivity index is 1.59. The third-order valence-corrected chi connectivity index (χ3v) is 6.09. The van der Waals surface area contributed by atoms with Crippen LogP contribution in [0.15, 0.2) is 42.6 Å². The smallest absolute Gasteiger partial charge is 0.350 e. The number of ether oxygens (including phenoxy) is 1. The van der Waals surface area contributed by atoms with E-state index in [0.717, 1.165) is 5.56 Å². The van der Waals surface area contributed by atoms with Crippen LogP contribution in [0, 0.1) is 5.92 Å². The summed E-state index contributed by atoms with van der Waals surface area (Å²) in [5.41, 5.74) is 1.20. The Labute approximate surface area is 192 Å². The first kappa shape index (κ1) is 23.7. The average Bonchev–Trinajstić information content (AvgIpc) is 3.26. The van der Waals surface area contributed by atoms with Gasteiger partial charge < -0.3 is 29.5 Å². The molecule has 0 saturated heterocycles. The van der Waals surface area contributed by atoms with E-state index in [2.05, 4.69) is 15.3 Å². The fourth-order valence-corrected chi connectivity index (χ4v) is 4.38. The number of aromatic nitrogens is 3. The number of carbonyl (C=O) groups excluding carboxylic acids is 1. The molecule has 176 valence electrons. The van der Waals surface area contributed by atoms with Gasteiger partial charge in [-0.2, -0.15) is 4.98 Å². The predicted molar refractivity (Wildman–Crippen MR) is 118 cm³/mol. The first-order chi connectivity index (χ1) is 15.7. The average molecular weight is 499 g/mol. The fourth-order valence-electron chi connectivity index (χ4n) is 3.87. The fraction of sp³-hybridized carbons (Fsp3) is 0.350. The maximum Gasteiger partial charge on any atom is 0.350 e. The summed E-state index contributed by atoms with van der Waals surface area (Å²) in [6, 6.07) is 9.76. The molecule has 10 nitrogen and oxygen atoms in total. The summed E-state index contributed by atoms with van der Waals surface area (Å²) in [4.78, 5) is 39.0. The Hall–Kier alpha value is -2.40. The molecule has 4 N–H and O–H groups in total. The number of ketones is 1.